The third-order valence-electron chi connectivity index (χ3n) is 5.80. The molecule has 158 valence electrons. The highest BCUT2D eigenvalue weighted by Gasteiger charge is 2.27. The van der Waals surface area contributed by atoms with Crippen LogP contribution in [0.15, 0.2) is 18.2 Å². The van der Waals surface area contributed by atoms with Gasteiger partial charge in [0.1, 0.15) is 0 Å². The van der Waals surface area contributed by atoms with Crippen LogP contribution in [-0.2, 0) is 4.79 Å². The first kappa shape index (κ1) is 21.0. The summed E-state index contributed by atoms with van der Waals surface area (Å²) in [6.07, 6.45) is 3.32. The van der Waals surface area contributed by atoms with Crippen molar-refractivity contribution in [1.29, 1.82) is 0 Å². The predicted molar refractivity (Wildman–Crippen MR) is 110 cm³/mol. The van der Waals surface area contributed by atoms with Crippen molar-refractivity contribution in [1.82, 2.24) is 14.7 Å². The second-order valence-corrected chi connectivity index (χ2v) is 7.88. The van der Waals surface area contributed by atoms with Gasteiger partial charge in [0.15, 0.2) is 0 Å². The summed E-state index contributed by atoms with van der Waals surface area (Å²) in [6, 6.07) is 4.69. The van der Waals surface area contributed by atoms with Gasteiger partial charge < -0.3 is 15.1 Å². The zero-order chi connectivity index (χ0) is 21.0. The Morgan fingerprint density at radius 3 is 2.55 bits per heavy atom. The van der Waals surface area contributed by atoms with Crippen LogP contribution in [0.4, 0.5) is 16.2 Å². The number of benzene rings is 1. The fourth-order valence-electron chi connectivity index (χ4n) is 3.95. The zero-order valence-electron chi connectivity index (χ0n) is 17.1. The minimum Gasteiger partial charge on any atom is -0.339 e. The van der Waals surface area contributed by atoms with E-state index in [0.29, 0.717) is 50.0 Å². The number of carbonyl (C=O) groups excluding carboxylic acids is 2. The molecule has 2 saturated heterocycles. The second-order valence-electron chi connectivity index (χ2n) is 7.88. The second kappa shape index (κ2) is 9.21. The molecule has 1 aromatic carbocycles. The van der Waals surface area contributed by atoms with E-state index >= 15 is 0 Å². The van der Waals surface area contributed by atoms with Crippen LogP contribution in [0.2, 0.25) is 0 Å². The summed E-state index contributed by atoms with van der Waals surface area (Å²) in [5.41, 5.74) is 0.941. The Kier molecular flexibility index (Phi) is 6.68. The van der Waals surface area contributed by atoms with E-state index in [0.717, 1.165) is 19.4 Å². The number of carbonyl (C=O) groups is 2. The molecule has 2 heterocycles. The van der Waals surface area contributed by atoms with Gasteiger partial charge in [-0.1, -0.05) is 6.07 Å². The van der Waals surface area contributed by atoms with Crippen molar-refractivity contribution < 1.29 is 14.5 Å². The molecule has 2 aliphatic heterocycles. The number of hydrogen-bond acceptors (Lipinski definition) is 5. The van der Waals surface area contributed by atoms with Crippen molar-refractivity contribution in [3.05, 3.63) is 33.9 Å². The summed E-state index contributed by atoms with van der Waals surface area (Å²) in [5.74, 6) is 0.169. The van der Waals surface area contributed by atoms with Crippen LogP contribution in [0.1, 0.15) is 31.7 Å². The zero-order valence-corrected chi connectivity index (χ0v) is 17.1. The minimum atomic E-state index is -0.454. The number of rotatable bonds is 4. The van der Waals surface area contributed by atoms with E-state index in [1.54, 1.807) is 24.0 Å². The molecule has 3 amide bonds. The van der Waals surface area contributed by atoms with E-state index in [1.807, 2.05) is 4.90 Å². The Hall–Kier alpha value is -2.68. The number of likely N-dealkylation sites (tertiary alicyclic amines) is 1. The van der Waals surface area contributed by atoms with Gasteiger partial charge in [0.2, 0.25) is 5.91 Å². The molecule has 9 heteroatoms. The van der Waals surface area contributed by atoms with Crippen LogP contribution < -0.4 is 5.32 Å². The summed E-state index contributed by atoms with van der Waals surface area (Å²) in [4.78, 5) is 41.4. The number of hydrogen-bond donors (Lipinski definition) is 1. The number of nitro groups is 1. The Bertz CT molecular complexity index is 776. The highest BCUT2D eigenvalue weighted by Crippen LogP contribution is 2.22. The minimum absolute atomic E-state index is 0.0157. The van der Waals surface area contributed by atoms with Crippen LogP contribution in [0.5, 0.6) is 0 Å². The largest absolute Gasteiger partial charge is 0.339 e. The highest BCUT2D eigenvalue weighted by molar-refractivity contribution is 5.90. The van der Waals surface area contributed by atoms with Crippen molar-refractivity contribution in [2.75, 3.05) is 44.6 Å². The smallest absolute Gasteiger partial charge is 0.321 e. The molecule has 0 aromatic heterocycles. The monoisotopic (exact) mass is 403 g/mol. The third-order valence-corrected chi connectivity index (χ3v) is 5.80. The maximum absolute atomic E-state index is 12.6. The van der Waals surface area contributed by atoms with Gasteiger partial charge in [0.05, 0.1) is 11.5 Å². The Labute approximate surface area is 170 Å². The summed E-state index contributed by atoms with van der Waals surface area (Å²) < 4.78 is 0. The number of urea groups is 1. The number of anilines is 1. The number of nitro benzene ring substituents is 1. The van der Waals surface area contributed by atoms with Gasteiger partial charge in [0, 0.05) is 56.1 Å². The van der Waals surface area contributed by atoms with E-state index < -0.39 is 4.92 Å². The molecule has 1 unspecified atom stereocenters. The average Bonchev–Trinajstić information content (AvgIpc) is 2.70. The van der Waals surface area contributed by atoms with Crippen LogP contribution in [0.25, 0.3) is 0 Å². The number of aryl methyl sites for hydroxylation is 1. The fraction of sp³-hybridized carbons (Fsp3) is 0.600. The molecule has 1 aromatic rings. The fourth-order valence-corrected chi connectivity index (χ4v) is 3.95. The van der Waals surface area contributed by atoms with Gasteiger partial charge in [0.25, 0.3) is 5.69 Å². The Balaban J connectivity index is 1.49. The van der Waals surface area contributed by atoms with Crippen molar-refractivity contribution in [2.24, 2.45) is 0 Å². The topological polar surface area (TPSA) is 99.0 Å². The maximum atomic E-state index is 12.6. The molecule has 1 N–H and O–H groups in total. The highest BCUT2D eigenvalue weighted by atomic mass is 16.6. The average molecular weight is 403 g/mol. The Morgan fingerprint density at radius 1 is 1.17 bits per heavy atom. The summed E-state index contributed by atoms with van der Waals surface area (Å²) in [7, 11) is 0. The summed E-state index contributed by atoms with van der Waals surface area (Å²) in [5, 5.41) is 13.8. The van der Waals surface area contributed by atoms with Crippen molar-refractivity contribution in [3.8, 4) is 0 Å². The van der Waals surface area contributed by atoms with Crippen LogP contribution in [-0.4, -0.2) is 76.9 Å². The van der Waals surface area contributed by atoms with Gasteiger partial charge in [-0.05, 0) is 39.2 Å². The van der Waals surface area contributed by atoms with E-state index in [1.165, 1.54) is 12.5 Å². The SMILES string of the molecule is Cc1ccc(NC(=O)N2CCN(CC(=O)N3CCCCC3C)CC2)cc1[N+](=O)[O-]. The number of amides is 3. The molecule has 0 spiro atoms. The number of nitrogens with one attached hydrogen (secondary N) is 1. The molecule has 29 heavy (non-hydrogen) atoms. The van der Waals surface area contributed by atoms with Crippen LogP contribution in [0.3, 0.4) is 0 Å². The standard InChI is InChI=1S/C20H29N5O4/c1-15-6-7-17(13-18(15)25(28)29)21-20(27)23-11-9-22(10-12-23)14-19(26)24-8-4-3-5-16(24)2/h6-7,13,16H,3-5,8-12,14H2,1-2H3,(H,21,27). The molecule has 1 atom stereocenters. The molecule has 9 nitrogen and oxygen atoms in total. The van der Waals surface area contributed by atoms with E-state index in [2.05, 4.69) is 17.1 Å². The molecule has 2 fully saturated rings. The molecular formula is C20H29N5O4. The van der Waals surface area contributed by atoms with E-state index in [4.69, 9.17) is 0 Å². The number of nitrogens with zero attached hydrogens (tertiary/aromatic N) is 4. The molecule has 0 radical (unpaired) electrons. The molecule has 0 bridgehead atoms. The molecule has 2 aliphatic rings. The maximum Gasteiger partial charge on any atom is 0.321 e. The molecule has 0 saturated carbocycles. The molecule has 0 aliphatic carbocycles. The number of piperazine rings is 1. The van der Waals surface area contributed by atoms with Gasteiger partial charge >= 0.3 is 6.03 Å². The van der Waals surface area contributed by atoms with Crippen LogP contribution >= 0.6 is 0 Å². The predicted octanol–water partition coefficient (Wildman–Crippen LogP) is 2.45. The Morgan fingerprint density at radius 2 is 1.90 bits per heavy atom. The van der Waals surface area contributed by atoms with E-state index in [-0.39, 0.29) is 17.6 Å². The van der Waals surface area contributed by atoms with Gasteiger partial charge in [-0.3, -0.25) is 19.8 Å². The van der Waals surface area contributed by atoms with Gasteiger partial charge in [-0.15, -0.1) is 0 Å². The lowest BCUT2D eigenvalue weighted by molar-refractivity contribution is -0.385. The quantitative estimate of drug-likeness (QED) is 0.615. The molecular weight excluding hydrogens is 374 g/mol. The van der Waals surface area contributed by atoms with Crippen molar-refractivity contribution in [2.45, 2.75) is 39.2 Å². The van der Waals surface area contributed by atoms with Gasteiger partial charge in [-0.25, -0.2) is 4.79 Å². The summed E-state index contributed by atoms with van der Waals surface area (Å²) in [6.45, 7) is 7.30. The van der Waals surface area contributed by atoms with Crippen LogP contribution in [0, 0.1) is 17.0 Å². The van der Waals surface area contributed by atoms with Crippen molar-refractivity contribution >= 4 is 23.3 Å². The van der Waals surface area contributed by atoms with Crippen molar-refractivity contribution in [3.63, 3.8) is 0 Å². The lowest BCUT2D eigenvalue weighted by Gasteiger charge is -2.38. The normalized spacial score (nSPS) is 20.4. The number of piperidine rings is 1. The summed E-state index contributed by atoms with van der Waals surface area (Å²) >= 11 is 0. The first-order valence-electron chi connectivity index (χ1n) is 10.2. The third kappa shape index (κ3) is 5.23. The van der Waals surface area contributed by atoms with E-state index in [9.17, 15) is 19.7 Å². The molecule has 3 rings (SSSR count). The first-order valence-corrected chi connectivity index (χ1v) is 10.2. The lowest BCUT2D eigenvalue weighted by Crippen LogP contribution is -2.53. The first-order chi connectivity index (χ1) is 13.8. The lowest BCUT2D eigenvalue weighted by atomic mass is 10.0. The van der Waals surface area contributed by atoms with Gasteiger partial charge in [-0.2, -0.15) is 0 Å².